The first-order valence-electron chi connectivity index (χ1n) is 5.13. The SMILES string of the molecule is O=C1CCOc2cc3ccc(Br)cc3cc21. The lowest BCUT2D eigenvalue weighted by Crippen LogP contribution is -2.15. The second-order valence-electron chi connectivity index (χ2n) is 3.86. The molecule has 2 nitrogen and oxygen atoms in total. The Bertz CT molecular complexity index is 590. The van der Waals surface area contributed by atoms with Gasteiger partial charge in [0.05, 0.1) is 12.2 Å². The van der Waals surface area contributed by atoms with Gasteiger partial charge in [-0.15, -0.1) is 0 Å². The molecule has 16 heavy (non-hydrogen) atoms. The van der Waals surface area contributed by atoms with E-state index in [1.54, 1.807) is 0 Å². The Kier molecular flexibility index (Phi) is 2.21. The minimum atomic E-state index is 0.170. The first kappa shape index (κ1) is 9.85. The van der Waals surface area contributed by atoms with Crippen LogP contribution in [0.25, 0.3) is 10.8 Å². The van der Waals surface area contributed by atoms with Gasteiger partial charge in [0.25, 0.3) is 0 Å². The highest BCUT2D eigenvalue weighted by Gasteiger charge is 2.18. The van der Waals surface area contributed by atoms with E-state index in [0.29, 0.717) is 24.3 Å². The summed E-state index contributed by atoms with van der Waals surface area (Å²) < 4.78 is 6.52. The van der Waals surface area contributed by atoms with Crippen molar-refractivity contribution >= 4 is 32.5 Å². The summed E-state index contributed by atoms with van der Waals surface area (Å²) in [7, 11) is 0. The van der Waals surface area contributed by atoms with Crippen molar-refractivity contribution in [2.24, 2.45) is 0 Å². The van der Waals surface area contributed by atoms with Crippen LogP contribution in [-0.2, 0) is 0 Å². The third kappa shape index (κ3) is 1.52. The molecule has 0 unspecified atom stereocenters. The van der Waals surface area contributed by atoms with E-state index >= 15 is 0 Å². The minimum absolute atomic E-state index is 0.170. The summed E-state index contributed by atoms with van der Waals surface area (Å²) in [5.74, 6) is 0.884. The summed E-state index contributed by atoms with van der Waals surface area (Å²) in [6, 6.07) is 9.87. The van der Waals surface area contributed by atoms with Crippen LogP contribution in [0.5, 0.6) is 5.75 Å². The van der Waals surface area contributed by atoms with Crippen molar-refractivity contribution in [2.75, 3.05) is 6.61 Å². The first-order chi connectivity index (χ1) is 7.74. The number of Topliss-reactive ketones (excluding diaryl/α,β-unsaturated/α-hetero) is 1. The van der Waals surface area contributed by atoms with Gasteiger partial charge in [0, 0.05) is 10.9 Å². The van der Waals surface area contributed by atoms with Crippen LogP contribution >= 0.6 is 15.9 Å². The average Bonchev–Trinajstić information content (AvgIpc) is 2.28. The van der Waals surface area contributed by atoms with E-state index in [0.717, 1.165) is 15.2 Å². The molecule has 0 atom stereocenters. The van der Waals surface area contributed by atoms with Crippen LogP contribution < -0.4 is 4.74 Å². The van der Waals surface area contributed by atoms with E-state index in [4.69, 9.17) is 4.74 Å². The fourth-order valence-electron chi connectivity index (χ4n) is 1.97. The second-order valence-corrected chi connectivity index (χ2v) is 4.78. The van der Waals surface area contributed by atoms with Crippen LogP contribution in [0.15, 0.2) is 34.8 Å². The molecular formula is C13H9BrO2. The van der Waals surface area contributed by atoms with Crippen molar-refractivity contribution in [3.05, 3.63) is 40.4 Å². The number of hydrogen-bond acceptors (Lipinski definition) is 2. The van der Waals surface area contributed by atoms with Gasteiger partial charge >= 0.3 is 0 Å². The van der Waals surface area contributed by atoms with Gasteiger partial charge in [0.2, 0.25) is 0 Å². The molecule has 0 amide bonds. The van der Waals surface area contributed by atoms with Crippen LogP contribution in [-0.4, -0.2) is 12.4 Å². The molecule has 0 N–H and O–H groups in total. The smallest absolute Gasteiger partial charge is 0.170 e. The normalized spacial score (nSPS) is 14.7. The molecule has 1 aliphatic rings. The maximum Gasteiger partial charge on any atom is 0.170 e. The number of carbonyl (C=O) groups is 1. The highest BCUT2D eigenvalue weighted by Crippen LogP contribution is 2.31. The van der Waals surface area contributed by atoms with Crippen molar-refractivity contribution < 1.29 is 9.53 Å². The van der Waals surface area contributed by atoms with E-state index in [1.165, 1.54) is 0 Å². The number of rotatable bonds is 0. The van der Waals surface area contributed by atoms with Crippen molar-refractivity contribution in [1.29, 1.82) is 0 Å². The van der Waals surface area contributed by atoms with Gasteiger partial charge in [-0.05, 0) is 35.0 Å². The molecule has 3 rings (SSSR count). The maximum atomic E-state index is 11.7. The van der Waals surface area contributed by atoms with E-state index in [9.17, 15) is 4.79 Å². The maximum absolute atomic E-state index is 11.7. The fraction of sp³-hybridized carbons (Fsp3) is 0.154. The van der Waals surface area contributed by atoms with Crippen LogP contribution in [0.1, 0.15) is 16.8 Å². The molecule has 0 aliphatic carbocycles. The molecule has 1 aliphatic heterocycles. The van der Waals surface area contributed by atoms with E-state index in [1.807, 2.05) is 30.3 Å². The molecule has 1 heterocycles. The Hall–Kier alpha value is -1.35. The van der Waals surface area contributed by atoms with Gasteiger partial charge in [-0.3, -0.25) is 4.79 Å². The highest BCUT2D eigenvalue weighted by molar-refractivity contribution is 9.10. The summed E-state index contributed by atoms with van der Waals surface area (Å²) >= 11 is 3.43. The Labute approximate surface area is 101 Å². The van der Waals surface area contributed by atoms with Gasteiger partial charge in [-0.25, -0.2) is 0 Å². The lowest BCUT2D eigenvalue weighted by molar-refractivity contribution is 0.0934. The quantitative estimate of drug-likeness (QED) is 0.735. The molecule has 0 saturated heterocycles. The standard InChI is InChI=1S/C13H9BrO2/c14-10-2-1-8-7-13-11(6-9(8)5-10)12(15)3-4-16-13/h1-2,5-7H,3-4H2. The van der Waals surface area contributed by atoms with Crippen LogP contribution in [0, 0.1) is 0 Å². The average molecular weight is 277 g/mol. The zero-order valence-corrected chi connectivity index (χ0v) is 10.1. The Morgan fingerprint density at radius 2 is 2.00 bits per heavy atom. The van der Waals surface area contributed by atoms with Gasteiger partial charge in [0.15, 0.2) is 5.78 Å². The molecule has 3 heteroatoms. The third-order valence-corrected chi connectivity index (χ3v) is 3.28. The number of hydrogen-bond donors (Lipinski definition) is 0. The van der Waals surface area contributed by atoms with Crippen LogP contribution in [0.3, 0.4) is 0 Å². The Morgan fingerprint density at radius 3 is 2.88 bits per heavy atom. The summed E-state index contributed by atoms with van der Waals surface area (Å²) in [5.41, 5.74) is 0.705. The van der Waals surface area contributed by atoms with Crippen molar-refractivity contribution in [2.45, 2.75) is 6.42 Å². The molecule has 0 spiro atoms. The van der Waals surface area contributed by atoms with Crippen LogP contribution in [0.2, 0.25) is 0 Å². The predicted molar refractivity (Wildman–Crippen MR) is 66.1 cm³/mol. The summed E-state index contributed by atoms with van der Waals surface area (Å²) in [4.78, 5) is 11.7. The van der Waals surface area contributed by atoms with Crippen molar-refractivity contribution in [1.82, 2.24) is 0 Å². The fourth-order valence-corrected chi connectivity index (χ4v) is 2.35. The molecule has 0 bridgehead atoms. The van der Waals surface area contributed by atoms with E-state index in [-0.39, 0.29) is 5.78 Å². The molecule has 0 saturated carbocycles. The second kappa shape index (κ2) is 3.59. The monoisotopic (exact) mass is 276 g/mol. The Balaban J connectivity index is 2.30. The van der Waals surface area contributed by atoms with Gasteiger partial charge in [-0.1, -0.05) is 22.0 Å². The third-order valence-electron chi connectivity index (χ3n) is 2.79. The summed E-state index contributed by atoms with van der Waals surface area (Å²) in [6.07, 6.45) is 0.479. The minimum Gasteiger partial charge on any atom is -0.492 e. The van der Waals surface area contributed by atoms with Crippen molar-refractivity contribution in [3.63, 3.8) is 0 Å². The number of carbonyl (C=O) groups excluding carboxylic acids is 1. The van der Waals surface area contributed by atoms with Gasteiger partial charge < -0.3 is 4.74 Å². The lowest BCUT2D eigenvalue weighted by atomic mass is 10.0. The summed E-state index contributed by atoms with van der Waals surface area (Å²) in [6.45, 7) is 0.494. The number of benzene rings is 2. The molecule has 0 aromatic heterocycles. The lowest BCUT2D eigenvalue weighted by Gasteiger charge is -2.16. The zero-order valence-electron chi connectivity index (χ0n) is 8.50. The Morgan fingerprint density at radius 1 is 1.12 bits per heavy atom. The number of ether oxygens (including phenoxy) is 1. The predicted octanol–water partition coefficient (Wildman–Crippen LogP) is 3.57. The molecule has 0 fully saturated rings. The molecular weight excluding hydrogens is 268 g/mol. The van der Waals surface area contributed by atoms with E-state index in [2.05, 4.69) is 15.9 Å². The highest BCUT2D eigenvalue weighted by atomic mass is 79.9. The molecule has 2 aromatic rings. The first-order valence-corrected chi connectivity index (χ1v) is 5.93. The van der Waals surface area contributed by atoms with E-state index < -0.39 is 0 Å². The molecule has 0 radical (unpaired) electrons. The van der Waals surface area contributed by atoms with Crippen LogP contribution in [0.4, 0.5) is 0 Å². The zero-order chi connectivity index (χ0) is 11.1. The molecule has 80 valence electrons. The number of halogens is 1. The molecule has 2 aromatic carbocycles. The van der Waals surface area contributed by atoms with Gasteiger partial charge in [0.1, 0.15) is 5.75 Å². The van der Waals surface area contributed by atoms with Gasteiger partial charge in [-0.2, -0.15) is 0 Å². The largest absolute Gasteiger partial charge is 0.492 e. The summed E-state index contributed by atoms with van der Waals surface area (Å²) in [5, 5.41) is 2.16. The topological polar surface area (TPSA) is 26.3 Å². The number of fused-ring (bicyclic) bond motifs is 2. The number of ketones is 1. The van der Waals surface area contributed by atoms with Crippen molar-refractivity contribution in [3.8, 4) is 5.75 Å².